The van der Waals surface area contributed by atoms with Gasteiger partial charge in [0.1, 0.15) is 0 Å². The number of fused-ring (bicyclic) bond motifs is 1. The highest BCUT2D eigenvalue weighted by Gasteiger charge is 2.29. The molecule has 0 spiro atoms. The highest BCUT2D eigenvalue weighted by Crippen LogP contribution is 2.35. The molecule has 0 unspecified atom stereocenters. The molecule has 0 saturated heterocycles. The molecule has 2 heteroatoms. The predicted molar refractivity (Wildman–Crippen MR) is 70.7 cm³/mol. The molecular formula is C15H18N2. The second-order valence-corrected chi connectivity index (χ2v) is 5.13. The van der Waals surface area contributed by atoms with Crippen molar-refractivity contribution in [1.29, 1.82) is 0 Å². The number of aromatic nitrogens is 1. The zero-order valence-corrected chi connectivity index (χ0v) is 10.0. The van der Waals surface area contributed by atoms with Gasteiger partial charge in [0.15, 0.2) is 0 Å². The molecule has 88 valence electrons. The maximum Gasteiger partial charge on any atom is 0.0702 e. The van der Waals surface area contributed by atoms with Crippen LogP contribution < -0.4 is 5.73 Å². The molecule has 2 nitrogen and oxygen atoms in total. The zero-order valence-electron chi connectivity index (χ0n) is 10.0. The summed E-state index contributed by atoms with van der Waals surface area (Å²) in [6.07, 6.45) is 7.94. The fraction of sp³-hybridized carbons (Fsp3) is 0.400. The molecule has 0 radical (unpaired) electrons. The van der Waals surface area contributed by atoms with Crippen LogP contribution in [0.5, 0.6) is 0 Å². The fourth-order valence-corrected chi connectivity index (χ4v) is 2.81. The number of nitrogens with zero attached hydrogens (tertiary/aromatic N) is 1. The summed E-state index contributed by atoms with van der Waals surface area (Å²) in [5.41, 5.74) is 8.64. The number of hydrogen-bond donors (Lipinski definition) is 1. The maximum atomic E-state index is 6.53. The number of nitrogens with two attached hydrogens (primary N) is 1. The zero-order chi connectivity index (χ0) is 11.7. The van der Waals surface area contributed by atoms with Gasteiger partial charge in [-0.2, -0.15) is 0 Å². The minimum absolute atomic E-state index is 0.144. The average molecular weight is 226 g/mol. The van der Waals surface area contributed by atoms with Gasteiger partial charge < -0.3 is 5.73 Å². The minimum atomic E-state index is -0.144. The van der Waals surface area contributed by atoms with Gasteiger partial charge in [0.25, 0.3) is 0 Å². The van der Waals surface area contributed by atoms with E-state index in [0.717, 1.165) is 18.4 Å². The van der Waals surface area contributed by atoms with E-state index in [4.69, 9.17) is 5.73 Å². The number of benzene rings is 1. The quantitative estimate of drug-likeness (QED) is 0.809. The van der Waals surface area contributed by atoms with E-state index in [1.165, 1.54) is 30.2 Å². The lowest BCUT2D eigenvalue weighted by Crippen LogP contribution is -2.38. The normalized spacial score (nSPS) is 19.4. The van der Waals surface area contributed by atoms with E-state index in [0.29, 0.717) is 0 Å². The van der Waals surface area contributed by atoms with Crippen LogP contribution in [-0.4, -0.2) is 4.98 Å². The highest BCUT2D eigenvalue weighted by atomic mass is 14.8. The monoisotopic (exact) mass is 226 g/mol. The molecule has 0 bridgehead atoms. The Balaban J connectivity index is 2.05. The Kier molecular flexibility index (Phi) is 2.60. The summed E-state index contributed by atoms with van der Waals surface area (Å²) in [4.78, 5) is 4.52. The van der Waals surface area contributed by atoms with E-state index in [1.54, 1.807) is 0 Å². The molecule has 1 aliphatic carbocycles. The maximum absolute atomic E-state index is 6.53. The predicted octanol–water partition coefficient (Wildman–Crippen LogP) is 3.35. The van der Waals surface area contributed by atoms with Gasteiger partial charge in [0.2, 0.25) is 0 Å². The van der Waals surface area contributed by atoms with Crippen molar-refractivity contribution < 1.29 is 0 Å². The molecule has 2 N–H and O–H groups in total. The van der Waals surface area contributed by atoms with Crippen molar-refractivity contribution in [3.63, 3.8) is 0 Å². The third-order valence-corrected chi connectivity index (χ3v) is 3.91. The molecule has 3 rings (SSSR count). The molecule has 0 aliphatic heterocycles. The Morgan fingerprint density at radius 2 is 1.82 bits per heavy atom. The molecule has 17 heavy (non-hydrogen) atoms. The molecule has 1 heterocycles. The summed E-state index contributed by atoms with van der Waals surface area (Å²) < 4.78 is 0. The third-order valence-electron chi connectivity index (χ3n) is 3.91. The van der Waals surface area contributed by atoms with Crippen LogP contribution in [0.25, 0.3) is 10.9 Å². The number of pyridine rings is 1. The summed E-state index contributed by atoms with van der Waals surface area (Å²) in [5.74, 6) is 0. The Morgan fingerprint density at radius 3 is 2.65 bits per heavy atom. The van der Waals surface area contributed by atoms with Crippen molar-refractivity contribution in [2.75, 3.05) is 0 Å². The van der Waals surface area contributed by atoms with Crippen molar-refractivity contribution in [2.24, 2.45) is 5.73 Å². The summed E-state index contributed by atoms with van der Waals surface area (Å²) >= 11 is 0. The van der Waals surface area contributed by atoms with Gasteiger partial charge in [-0.25, -0.2) is 0 Å². The molecule has 1 aromatic heterocycles. The van der Waals surface area contributed by atoms with Crippen LogP contribution in [0, 0.1) is 0 Å². The van der Waals surface area contributed by atoms with Gasteiger partial charge in [0.05, 0.1) is 5.52 Å². The Morgan fingerprint density at radius 1 is 1.06 bits per heavy atom. The lowest BCUT2D eigenvalue weighted by molar-refractivity contribution is 0.302. The van der Waals surface area contributed by atoms with Crippen LogP contribution >= 0.6 is 0 Å². The van der Waals surface area contributed by atoms with Crippen molar-refractivity contribution in [2.45, 2.75) is 37.6 Å². The molecule has 1 fully saturated rings. The molecule has 1 aliphatic rings. The molecule has 1 saturated carbocycles. The Hall–Kier alpha value is -1.41. The standard InChI is InChI=1S/C15H18N2/c16-15(8-4-1-5-9-15)13-10-12-6-2-3-7-14(12)17-11-13/h2-3,6-7,10-11H,1,4-5,8-9,16H2. The van der Waals surface area contributed by atoms with Gasteiger partial charge in [-0.3, -0.25) is 4.98 Å². The summed E-state index contributed by atoms with van der Waals surface area (Å²) in [5, 5.41) is 1.19. The minimum Gasteiger partial charge on any atom is -0.321 e. The number of hydrogen-bond acceptors (Lipinski definition) is 2. The van der Waals surface area contributed by atoms with Crippen LogP contribution in [0.4, 0.5) is 0 Å². The summed E-state index contributed by atoms with van der Waals surface area (Å²) in [6.45, 7) is 0. The fourth-order valence-electron chi connectivity index (χ4n) is 2.81. The molecule has 0 amide bonds. The second-order valence-electron chi connectivity index (χ2n) is 5.13. The molecule has 2 aromatic rings. The summed E-state index contributed by atoms with van der Waals surface area (Å²) in [6, 6.07) is 10.4. The van der Waals surface area contributed by atoms with Gasteiger partial charge in [0, 0.05) is 17.1 Å². The highest BCUT2D eigenvalue weighted by molar-refractivity contribution is 5.78. The first-order valence-electron chi connectivity index (χ1n) is 6.42. The van der Waals surface area contributed by atoms with Gasteiger partial charge in [-0.15, -0.1) is 0 Å². The van der Waals surface area contributed by atoms with Crippen molar-refractivity contribution in [3.05, 3.63) is 42.1 Å². The SMILES string of the molecule is NC1(c2cnc3ccccc3c2)CCCCC1. The first-order chi connectivity index (χ1) is 8.28. The molecule has 0 atom stereocenters. The van der Waals surface area contributed by atoms with Crippen LogP contribution in [0.1, 0.15) is 37.7 Å². The van der Waals surface area contributed by atoms with Crippen LogP contribution in [0.2, 0.25) is 0 Å². The Bertz CT molecular complexity index is 527. The van der Waals surface area contributed by atoms with E-state index >= 15 is 0 Å². The topological polar surface area (TPSA) is 38.9 Å². The first-order valence-corrected chi connectivity index (χ1v) is 6.42. The van der Waals surface area contributed by atoms with E-state index in [-0.39, 0.29) is 5.54 Å². The molecular weight excluding hydrogens is 208 g/mol. The third kappa shape index (κ3) is 1.93. The Labute approximate surface area is 102 Å². The molecule has 1 aromatic carbocycles. The van der Waals surface area contributed by atoms with E-state index in [9.17, 15) is 0 Å². The van der Waals surface area contributed by atoms with Crippen LogP contribution in [0.3, 0.4) is 0 Å². The van der Waals surface area contributed by atoms with Crippen molar-refractivity contribution in [3.8, 4) is 0 Å². The van der Waals surface area contributed by atoms with Gasteiger partial charge in [-0.05, 0) is 30.5 Å². The van der Waals surface area contributed by atoms with Crippen LogP contribution in [0.15, 0.2) is 36.5 Å². The summed E-state index contributed by atoms with van der Waals surface area (Å²) in [7, 11) is 0. The largest absolute Gasteiger partial charge is 0.321 e. The number of para-hydroxylation sites is 1. The van der Waals surface area contributed by atoms with Crippen molar-refractivity contribution in [1.82, 2.24) is 4.98 Å². The van der Waals surface area contributed by atoms with Gasteiger partial charge in [-0.1, -0.05) is 37.5 Å². The average Bonchev–Trinajstić information content (AvgIpc) is 2.39. The number of rotatable bonds is 1. The van der Waals surface area contributed by atoms with Crippen molar-refractivity contribution >= 4 is 10.9 Å². The first kappa shape index (κ1) is 10.7. The van der Waals surface area contributed by atoms with E-state index < -0.39 is 0 Å². The van der Waals surface area contributed by atoms with E-state index in [1.807, 2.05) is 18.3 Å². The smallest absolute Gasteiger partial charge is 0.0702 e. The van der Waals surface area contributed by atoms with Crippen LogP contribution in [-0.2, 0) is 5.54 Å². The van der Waals surface area contributed by atoms with Gasteiger partial charge >= 0.3 is 0 Å². The lowest BCUT2D eigenvalue weighted by Gasteiger charge is -2.33. The second kappa shape index (κ2) is 4.11. The lowest BCUT2D eigenvalue weighted by atomic mass is 9.78. The van der Waals surface area contributed by atoms with E-state index in [2.05, 4.69) is 23.2 Å².